The highest BCUT2D eigenvalue weighted by molar-refractivity contribution is 9.10. The van der Waals surface area contributed by atoms with Crippen molar-refractivity contribution in [3.8, 4) is 5.75 Å². The van der Waals surface area contributed by atoms with E-state index in [4.69, 9.17) is 4.74 Å². The summed E-state index contributed by atoms with van der Waals surface area (Å²) in [7, 11) is 1.59. The zero-order valence-electron chi connectivity index (χ0n) is 12.1. The number of amides is 1. The van der Waals surface area contributed by atoms with Crippen LogP contribution in [0.15, 0.2) is 53.0 Å². The molecular weight excluding hydrogens is 330 g/mol. The highest BCUT2D eigenvalue weighted by Gasteiger charge is 2.19. The van der Waals surface area contributed by atoms with Crippen molar-refractivity contribution in [2.24, 2.45) is 0 Å². The van der Waals surface area contributed by atoms with Crippen molar-refractivity contribution in [2.75, 3.05) is 12.4 Å². The van der Waals surface area contributed by atoms with Crippen LogP contribution < -0.4 is 10.1 Å². The van der Waals surface area contributed by atoms with Crippen LogP contribution in [0.1, 0.15) is 24.8 Å². The van der Waals surface area contributed by atoms with Gasteiger partial charge in [0.1, 0.15) is 5.75 Å². The lowest BCUT2D eigenvalue weighted by atomic mass is 9.95. The standard InChI is InChI=1S/C17H18BrNO2/c1-3-14(12-7-5-4-6-8-12)17(20)19-15-11-13(18)9-10-16(15)21-2/h4-11,14H,3H2,1-2H3,(H,19,20). The number of nitrogens with one attached hydrogen (secondary N) is 1. The Kier molecular flexibility index (Phi) is 5.39. The van der Waals surface area contributed by atoms with Crippen LogP contribution in [-0.4, -0.2) is 13.0 Å². The number of benzene rings is 2. The summed E-state index contributed by atoms with van der Waals surface area (Å²) in [5, 5.41) is 2.96. The minimum Gasteiger partial charge on any atom is -0.495 e. The number of carbonyl (C=O) groups excluding carboxylic acids is 1. The molecule has 2 rings (SSSR count). The molecule has 110 valence electrons. The Morgan fingerprint density at radius 3 is 2.57 bits per heavy atom. The van der Waals surface area contributed by atoms with Crippen molar-refractivity contribution in [3.63, 3.8) is 0 Å². The molecule has 0 saturated heterocycles. The lowest BCUT2D eigenvalue weighted by Gasteiger charge is -2.17. The Bertz CT molecular complexity index is 613. The molecule has 21 heavy (non-hydrogen) atoms. The first-order valence-corrected chi connectivity index (χ1v) is 7.64. The van der Waals surface area contributed by atoms with Gasteiger partial charge in [0.2, 0.25) is 5.91 Å². The minimum absolute atomic E-state index is 0.0277. The Morgan fingerprint density at radius 1 is 1.24 bits per heavy atom. The Hall–Kier alpha value is -1.81. The summed E-state index contributed by atoms with van der Waals surface area (Å²) >= 11 is 3.41. The Balaban J connectivity index is 2.22. The van der Waals surface area contributed by atoms with Crippen molar-refractivity contribution in [1.82, 2.24) is 0 Å². The maximum Gasteiger partial charge on any atom is 0.232 e. The molecule has 0 heterocycles. The van der Waals surface area contributed by atoms with E-state index in [1.165, 1.54) is 0 Å². The van der Waals surface area contributed by atoms with Gasteiger partial charge in [0.05, 0.1) is 18.7 Å². The SMILES string of the molecule is CCC(C(=O)Nc1cc(Br)ccc1OC)c1ccccc1. The van der Waals surface area contributed by atoms with Crippen LogP contribution in [0.25, 0.3) is 0 Å². The Morgan fingerprint density at radius 2 is 1.95 bits per heavy atom. The predicted octanol–water partition coefficient (Wildman–Crippen LogP) is 4.59. The van der Waals surface area contributed by atoms with E-state index in [1.54, 1.807) is 7.11 Å². The average Bonchev–Trinajstić information content (AvgIpc) is 2.49. The topological polar surface area (TPSA) is 38.3 Å². The predicted molar refractivity (Wildman–Crippen MR) is 88.8 cm³/mol. The molecule has 1 N–H and O–H groups in total. The van der Waals surface area contributed by atoms with Crippen LogP contribution in [0.5, 0.6) is 5.75 Å². The molecule has 0 aliphatic rings. The molecule has 0 radical (unpaired) electrons. The van der Waals surface area contributed by atoms with E-state index in [-0.39, 0.29) is 11.8 Å². The second-order valence-electron chi connectivity index (χ2n) is 4.71. The van der Waals surface area contributed by atoms with Gasteiger partial charge in [0.25, 0.3) is 0 Å². The minimum atomic E-state index is -0.171. The van der Waals surface area contributed by atoms with E-state index in [0.29, 0.717) is 11.4 Å². The molecule has 0 bridgehead atoms. The fraction of sp³-hybridized carbons (Fsp3) is 0.235. The van der Waals surface area contributed by atoms with Gasteiger partial charge < -0.3 is 10.1 Å². The zero-order valence-corrected chi connectivity index (χ0v) is 13.7. The number of hydrogen-bond donors (Lipinski definition) is 1. The van der Waals surface area contributed by atoms with Crippen molar-refractivity contribution in [2.45, 2.75) is 19.3 Å². The molecule has 1 unspecified atom stereocenters. The first-order chi connectivity index (χ1) is 10.2. The fourth-order valence-corrected chi connectivity index (χ4v) is 2.62. The average molecular weight is 348 g/mol. The molecule has 2 aromatic rings. The molecule has 0 saturated carbocycles. The summed E-state index contributed by atoms with van der Waals surface area (Å²) < 4.78 is 6.18. The lowest BCUT2D eigenvalue weighted by Crippen LogP contribution is -2.21. The molecule has 1 amide bonds. The van der Waals surface area contributed by atoms with Gasteiger partial charge in [0, 0.05) is 4.47 Å². The van der Waals surface area contributed by atoms with Gasteiger partial charge in [0.15, 0.2) is 0 Å². The molecule has 3 nitrogen and oxygen atoms in total. The van der Waals surface area contributed by atoms with Crippen molar-refractivity contribution in [3.05, 3.63) is 58.6 Å². The van der Waals surface area contributed by atoms with Crippen molar-refractivity contribution in [1.29, 1.82) is 0 Å². The van der Waals surface area contributed by atoms with Crippen LogP contribution in [-0.2, 0) is 4.79 Å². The maximum atomic E-state index is 12.5. The van der Waals surface area contributed by atoms with Crippen LogP contribution in [0.4, 0.5) is 5.69 Å². The maximum absolute atomic E-state index is 12.5. The van der Waals surface area contributed by atoms with Gasteiger partial charge in [-0.15, -0.1) is 0 Å². The number of hydrogen-bond acceptors (Lipinski definition) is 2. The Labute approximate surface area is 133 Å². The largest absolute Gasteiger partial charge is 0.495 e. The summed E-state index contributed by atoms with van der Waals surface area (Å²) in [5.74, 6) is 0.449. The van der Waals surface area contributed by atoms with E-state index >= 15 is 0 Å². The lowest BCUT2D eigenvalue weighted by molar-refractivity contribution is -0.117. The zero-order chi connectivity index (χ0) is 15.2. The summed E-state index contributed by atoms with van der Waals surface area (Å²) in [4.78, 5) is 12.5. The van der Waals surface area contributed by atoms with E-state index in [9.17, 15) is 4.79 Å². The number of methoxy groups -OCH3 is 1. The molecule has 0 aromatic heterocycles. The number of ether oxygens (including phenoxy) is 1. The summed E-state index contributed by atoms with van der Waals surface area (Å²) in [6, 6.07) is 15.3. The molecule has 0 aliphatic heterocycles. The van der Waals surface area contributed by atoms with Crippen molar-refractivity contribution >= 4 is 27.5 Å². The van der Waals surface area contributed by atoms with Crippen LogP contribution in [0.3, 0.4) is 0 Å². The molecular formula is C17H18BrNO2. The van der Waals surface area contributed by atoms with Crippen LogP contribution in [0.2, 0.25) is 0 Å². The quantitative estimate of drug-likeness (QED) is 0.858. The summed E-state index contributed by atoms with van der Waals surface area (Å²) in [6.07, 6.45) is 0.742. The number of anilines is 1. The van der Waals surface area contributed by atoms with E-state index in [2.05, 4.69) is 21.2 Å². The fourth-order valence-electron chi connectivity index (χ4n) is 2.26. The second kappa shape index (κ2) is 7.27. The van der Waals surface area contributed by atoms with E-state index in [1.807, 2.05) is 55.5 Å². The third-order valence-electron chi connectivity index (χ3n) is 3.35. The van der Waals surface area contributed by atoms with Crippen molar-refractivity contribution < 1.29 is 9.53 Å². The van der Waals surface area contributed by atoms with Gasteiger partial charge in [-0.25, -0.2) is 0 Å². The summed E-state index contributed by atoms with van der Waals surface area (Å²) in [6.45, 7) is 2.01. The van der Waals surface area contributed by atoms with Gasteiger partial charge in [-0.2, -0.15) is 0 Å². The second-order valence-corrected chi connectivity index (χ2v) is 5.62. The highest BCUT2D eigenvalue weighted by atomic mass is 79.9. The first-order valence-electron chi connectivity index (χ1n) is 6.85. The molecule has 0 spiro atoms. The van der Waals surface area contributed by atoms with Gasteiger partial charge in [-0.1, -0.05) is 53.2 Å². The van der Waals surface area contributed by atoms with Crippen LogP contribution >= 0.6 is 15.9 Å². The molecule has 0 fully saturated rings. The third-order valence-corrected chi connectivity index (χ3v) is 3.84. The van der Waals surface area contributed by atoms with Gasteiger partial charge in [-0.3, -0.25) is 4.79 Å². The molecule has 1 atom stereocenters. The van der Waals surface area contributed by atoms with E-state index in [0.717, 1.165) is 16.5 Å². The smallest absolute Gasteiger partial charge is 0.232 e. The van der Waals surface area contributed by atoms with Gasteiger partial charge >= 0.3 is 0 Å². The molecule has 0 aliphatic carbocycles. The molecule has 2 aromatic carbocycles. The number of halogens is 1. The highest BCUT2D eigenvalue weighted by Crippen LogP contribution is 2.30. The first kappa shape index (κ1) is 15.6. The van der Waals surface area contributed by atoms with E-state index < -0.39 is 0 Å². The van der Waals surface area contributed by atoms with Gasteiger partial charge in [-0.05, 0) is 30.2 Å². The van der Waals surface area contributed by atoms with Crippen LogP contribution in [0, 0.1) is 0 Å². The summed E-state index contributed by atoms with van der Waals surface area (Å²) in [5.41, 5.74) is 1.69. The number of rotatable bonds is 5. The number of carbonyl (C=O) groups is 1. The molecule has 4 heteroatoms. The normalized spacial score (nSPS) is 11.8. The monoisotopic (exact) mass is 347 g/mol. The third kappa shape index (κ3) is 3.85.